The van der Waals surface area contributed by atoms with Gasteiger partial charge < -0.3 is 9.15 Å². The van der Waals surface area contributed by atoms with Crippen LogP contribution in [0.4, 0.5) is 5.82 Å². The maximum absolute atomic E-state index is 12.7. The lowest BCUT2D eigenvalue weighted by Crippen LogP contribution is -2.15. The third-order valence-electron chi connectivity index (χ3n) is 4.45. The van der Waals surface area contributed by atoms with Gasteiger partial charge in [-0.05, 0) is 59.2 Å². The SMILES string of the molecule is C=CCOc1ccc(-c2nonc2NC(=O)c2cc(=O)c3cc(Cl)c(C)cc3o2)cc1. The van der Waals surface area contributed by atoms with E-state index in [2.05, 4.69) is 22.2 Å². The number of aryl methyl sites for hydroxylation is 1. The summed E-state index contributed by atoms with van der Waals surface area (Å²) in [5.41, 5.74) is 1.55. The minimum Gasteiger partial charge on any atom is -0.490 e. The number of aromatic nitrogens is 2. The molecule has 0 atom stereocenters. The van der Waals surface area contributed by atoms with Crippen molar-refractivity contribution in [2.24, 2.45) is 0 Å². The molecule has 0 saturated heterocycles. The lowest BCUT2D eigenvalue weighted by atomic mass is 10.1. The molecule has 0 radical (unpaired) electrons. The molecular formula is C22H16ClN3O5. The zero-order chi connectivity index (χ0) is 22.0. The Morgan fingerprint density at radius 2 is 2.00 bits per heavy atom. The van der Waals surface area contributed by atoms with Crippen molar-refractivity contribution in [3.8, 4) is 17.0 Å². The number of carbonyl (C=O) groups excluding carboxylic acids is 1. The van der Waals surface area contributed by atoms with Crippen molar-refractivity contribution in [1.82, 2.24) is 10.3 Å². The highest BCUT2D eigenvalue weighted by molar-refractivity contribution is 6.32. The second-order valence-electron chi connectivity index (χ2n) is 6.61. The fourth-order valence-electron chi connectivity index (χ4n) is 2.88. The van der Waals surface area contributed by atoms with Crippen molar-refractivity contribution in [2.45, 2.75) is 6.92 Å². The van der Waals surface area contributed by atoms with Crippen LogP contribution >= 0.6 is 11.6 Å². The third kappa shape index (κ3) is 4.19. The Hall–Kier alpha value is -3.91. The highest BCUT2D eigenvalue weighted by Crippen LogP contribution is 2.27. The highest BCUT2D eigenvalue weighted by Gasteiger charge is 2.19. The summed E-state index contributed by atoms with van der Waals surface area (Å²) in [4.78, 5) is 25.1. The van der Waals surface area contributed by atoms with Gasteiger partial charge in [0, 0.05) is 16.7 Å². The van der Waals surface area contributed by atoms with Crippen LogP contribution in [0.1, 0.15) is 16.1 Å². The lowest BCUT2D eigenvalue weighted by Gasteiger charge is -2.06. The van der Waals surface area contributed by atoms with E-state index < -0.39 is 5.91 Å². The summed E-state index contributed by atoms with van der Waals surface area (Å²) in [6.07, 6.45) is 1.64. The number of hydrogen-bond donors (Lipinski definition) is 1. The average Bonchev–Trinajstić information content (AvgIpc) is 3.22. The molecular weight excluding hydrogens is 422 g/mol. The molecule has 4 rings (SSSR count). The van der Waals surface area contributed by atoms with Crippen LogP contribution in [0.5, 0.6) is 5.75 Å². The zero-order valence-corrected chi connectivity index (χ0v) is 17.1. The molecule has 0 aliphatic rings. The molecule has 2 aromatic carbocycles. The first kappa shape index (κ1) is 20.4. The van der Waals surface area contributed by atoms with E-state index in [9.17, 15) is 9.59 Å². The standard InChI is InChI=1S/C22H16ClN3O5/c1-3-8-29-14-6-4-13(5-7-14)20-21(26-31-25-20)24-22(28)19-11-17(27)15-10-16(23)12(2)9-18(15)30-19/h3-7,9-11H,1,8H2,2H3,(H,24,26,28). The van der Waals surface area contributed by atoms with E-state index in [1.54, 1.807) is 43.3 Å². The van der Waals surface area contributed by atoms with Gasteiger partial charge in [-0.1, -0.05) is 24.3 Å². The molecule has 31 heavy (non-hydrogen) atoms. The number of nitrogens with zero attached hydrogens (tertiary/aromatic N) is 2. The molecule has 1 amide bonds. The van der Waals surface area contributed by atoms with Crippen LogP contribution < -0.4 is 15.5 Å². The Kier molecular flexibility index (Phi) is 5.55. The van der Waals surface area contributed by atoms with Crippen molar-refractivity contribution in [1.29, 1.82) is 0 Å². The van der Waals surface area contributed by atoms with E-state index in [1.807, 2.05) is 0 Å². The number of halogens is 1. The molecule has 9 heteroatoms. The number of ether oxygens (including phenoxy) is 1. The van der Waals surface area contributed by atoms with Crippen molar-refractivity contribution < 1.29 is 18.6 Å². The Morgan fingerprint density at radius 1 is 1.23 bits per heavy atom. The Morgan fingerprint density at radius 3 is 2.74 bits per heavy atom. The highest BCUT2D eigenvalue weighted by atomic mass is 35.5. The van der Waals surface area contributed by atoms with Gasteiger partial charge in [-0.2, -0.15) is 0 Å². The second kappa shape index (κ2) is 8.45. The van der Waals surface area contributed by atoms with Gasteiger partial charge in [-0.25, -0.2) is 4.63 Å². The third-order valence-corrected chi connectivity index (χ3v) is 4.86. The molecule has 0 fully saturated rings. The van der Waals surface area contributed by atoms with Crippen molar-refractivity contribution in [3.63, 3.8) is 0 Å². The van der Waals surface area contributed by atoms with Crippen LogP contribution in [0.25, 0.3) is 22.2 Å². The number of rotatable bonds is 6. The van der Waals surface area contributed by atoms with Gasteiger partial charge in [0.05, 0.1) is 5.39 Å². The molecule has 4 aromatic rings. The molecule has 0 aliphatic carbocycles. The lowest BCUT2D eigenvalue weighted by molar-refractivity contribution is 0.0996. The number of benzene rings is 2. The fourth-order valence-corrected chi connectivity index (χ4v) is 3.05. The van der Waals surface area contributed by atoms with Gasteiger partial charge in [-0.15, -0.1) is 0 Å². The minimum atomic E-state index is -0.672. The molecule has 2 heterocycles. The largest absolute Gasteiger partial charge is 0.490 e. The summed E-state index contributed by atoms with van der Waals surface area (Å²) in [5.74, 6) is -0.116. The van der Waals surface area contributed by atoms with E-state index in [-0.39, 0.29) is 28.0 Å². The van der Waals surface area contributed by atoms with Crippen LogP contribution in [-0.2, 0) is 0 Å². The van der Waals surface area contributed by atoms with Gasteiger partial charge in [-0.3, -0.25) is 14.9 Å². The molecule has 0 spiro atoms. The molecule has 2 aromatic heterocycles. The maximum Gasteiger partial charge on any atom is 0.292 e. The van der Waals surface area contributed by atoms with E-state index >= 15 is 0 Å². The normalized spacial score (nSPS) is 10.8. The Balaban J connectivity index is 1.60. The molecule has 0 unspecified atom stereocenters. The van der Waals surface area contributed by atoms with E-state index in [1.165, 1.54) is 6.07 Å². The number of hydrogen-bond acceptors (Lipinski definition) is 7. The Bertz CT molecular complexity index is 1340. The smallest absolute Gasteiger partial charge is 0.292 e. The van der Waals surface area contributed by atoms with Gasteiger partial charge in [0.2, 0.25) is 5.82 Å². The number of fused-ring (bicyclic) bond motifs is 1. The summed E-state index contributed by atoms with van der Waals surface area (Å²) < 4.78 is 15.8. The van der Waals surface area contributed by atoms with E-state index in [4.69, 9.17) is 25.4 Å². The first-order valence-corrected chi connectivity index (χ1v) is 9.56. The van der Waals surface area contributed by atoms with Crippen LogP contribution in [0.2, 0.25) is 5.02 Å². The summed E-state index contributed by atoms with van der Waals surface area (Å²) >= 11 is 6.07. The molecule has 8 nitrogen and oxygen atoms in total. The Labute approximate surface area is 181 Å². The van der Waals surface area contributed by atoms with Crippen LogP contribution in [0.3, 0.4) is 0 Å². The summed E-state index contributed by atoms with van der Waals surface area (Å²) in [7, 11) is 0. The van der Waals surface area contributed by atoms with Gasteiger partial charge in [0.15, 0.2) is 16.9 Å². The minimum absolute atomic E-state index is 0.0831. The first-order valence-electron chi connectivity index (χ1n) is 9.18. The summed E-state index contributed by atoms with van der Waals surface area (Å²) in [6.45, 7) is 5.76. The zero-order valence-electron chi connectivity index (χ0n) is 16.3. The molecule has 1 N–H and O–H groups in total. The average molecular weight is 438 g/mol. The van der Waals surface area contributed by atoms with Crippen LogP contribution in [-0.4, -0.2) is 22.8 Å². The van der Waals surface area contributed by atoms with Crippen molar-refractivity contribution in [3.05, 3.63) is 81.7 Å². The number of carbonyl (C=O) groups is 1. The van der Waals surface area contributed by atoms with E-state index in [0.717, 1.165) is 11.6 Å². The molecule has 0 bridgehead atoms. The number of anilines is 1. The molecule has 156 valence electrons. The van der Waals surface area contributed by atoms with Gasteiger partial charge in [0.1, 0.15) is 17.9 Å². The predicted octanol–water partition coefficient (Wildman–Crippen LogP) is 4.62. The van der Waals surface area contributed by atoms with Crippen LogP contribution in [0, 0.1) is 6.92 Å². The van der Waals surface area contributed by atoms with Crippen molar-refractivity contribution in [2.75, 3.05) is 11.9 Å². The maximum atomic E-state index is 12.7. The van der Waals surface area contributed by atoms with Crippen molar-refractivity contribution >= 4 is 34.3 Å². The van der Waals surface area contributed by atoms with E-state index in [0.29, 0.717) is 28.6 Å². The summed E-state index contributed by atoms with van der Waals surface area (Å²) in [6, 6.07) is 11.2. The quantitative estimate of drug-likeness (QED) is 0.438. The second-order valence-corrected chi connectivity index (χ2v) is 7.02. The van der Waals surface area contributed by atoms with Crippen LogP contribution in [0.15, 0.2) is 69.0 Å². The van der Waals surface area contributed by atoms with Gasteiger partial charge >= 0.3 is 0 Å². The predicted molar refractivity (Wildman–Crippen MR) is 116 cm³/mol. The topological polar surface area (TPSA) is 107 Å². The number of nitrogens with one attached hydrogen (secondary N) is 1. The number of amides is 1. The molecule has 0 saturated carbocycles. The monoisotopic (exact) mass is 437 g/mol. The van der Waals surface area contributed by atoms with Gasteiger partial charge in [0.25, 0.3) is 5.91 Å². The molecule has 0 aliphatic heterocycles. The first-order chi connectivity index (χ1) is 15.0. The fraction of sp³-hybridized carbons (Fsp3) is 0.0909. The summed E-state index contributed by atoms with van der Waals surface area (Å²) in [5, 5.41) is 10.9.